The molecule has 0 amide bonds. The number of carboxylic acids is 1. The maximum Gasteiger partial charge on any atom is 0.327 e. The Morgan fingerprint density at radius 1 is 1.69 bits per heavy atom. The molecule has 4 N–H and O–H groups in total. The Balaban J connectivity index is 3.80. The number of carbonyl (C=O) groups is 1. The molecule has 0 aliphatic heterocycles. The van der Waals surface area contributed by atoms with Gasteiger partial charge in [0.25, 0.3) is 0 Å². The standard InChI is InChI=1S/C7H13N3O2S/c8-4-2-1-3-6(7(11)12)10-9-5-13/h6,10H,1-4,8H2,(H,11,12)/t6-/m0/s1. The third-order valence-electron chi connectivity index (χ3n) is 1.51. The van der Waals surface area contributed by atoms with E-state index in [4.69, 9.17) is 10.8 Å². The molecule has 0 saturated carbocycles. The van der Waals surface area contributed by atoms with Crippen LogP contribution in [0.1, 0.15) is 19.3 Å². The summed E-state index contributed by atoms with van der Waals surface area (Å²) >= 11 is 4.30. The first-order valence-electron chi connectivity index (χ1n) is 3.97. The molecular formula is C7H13N3O2S. The number of rotatable bonds is 7. The van der Waals surface area contributed by atoms with Gasteiger partial charge in [-0.1, -0.05) is 0 Å². The van der Waals surface area contributed by atoms with Gasteiger partial charge in [-0.25, -0.2) is 4.79 Å². The maximum atomic E-state index is 10.6. The highest BCUT2D eigenvalue weighted by molar-refractivity contribution is 7.78. The monoisotopic (exact) mass is 203 g/mol. The Hall–Kier alpha value is -0.970. The first kappa shape index (κ1) is 12.0. The second-order valence-corrected chi connectivity index (χ2v) is 2.69. The summed E-state index contributed by atoms with van der Waals surface area (Å²) in [6, 6.07) is -0.693. The van der Waals surface area contributed by atoms with E-state index in [0.29, 0.717) is 13.0 Å². The summed E-state index contributed by atoms with van der Waals surface area (Å²) in [5.74, 6) is -0.939. The van der Waals surface area contributed by atoms with Crippen LogP contribution in [0.25, 0.3) is 0 Å². The zero-order valence-electron chi connectivity index (χ0n) is 7.19. The number of thiocarbonyl (C=S) groups is 1. The molecule has 0 rings (SSSR count). The van der Waals surface area contributed by atoms with E-state index in [-0.39, 0.29) is 0 Å². The molecular weight excluding hydrogens is 190 g/mol. The SMILES string of the molecule is NCCCC[C@H](NN=C=S)C(=O)O. The van der Waals surface area contributed by atoms with Crippen LogP contribution in [0.2, 0.25) is 0 Å². The first-order chi connectivity index (χ1) is 6.22. The minimum Gasteiger partial charge on any atom is -0.480 e. The smallest absolute Gasteiger partial charge is 0.327 e. The van der Waals surface area contributed by atoms with Crippen LogP contribution in [0.3, 0.4) is 0 Å². The average molecular weight is 203 g/mol. The summed E-state index contributed by atoms with van der Waals surface area (Å²) in [7, 11) is 0. The van der Waals surface area contributed by atoms with Crippen molar-refractivity contribution in [3.8, 4) is 0 Å². The van der Waals surface area contributed by atoms with Crippen LogP contribution in [0.5, 0.6) is 0 Å². The number of carboxylic acid groups (broad SMARTS) is 1. The lowest BCUT2D eigenvalue weighted by Gasteiger charge is -2.09. The zero-order valence-corrected chi connectivity index (χ0v) is 8.01. The number of hydrogen-bond acceptors (Lipinski definition) is 5. The van der Waals surface area contributed by atoms with E-state index in [1.54, 1.807) is 0 Å². The van der Waals surface area contributed by atoms with Crippen LogP contribution in [0.4, 0.5) is 0 Å². The summed E-state index contributed by atoms with van der Waals surface area (Å²) in [5.41, 5.74) is 7.67. The van der Waals surface area contributed by atoms with Gasteiger partial charge in [0.1, 0.15) is 6.04 Å². The summed E-state index contributed by atoms with van der Waals surface area (Å²) in [6.07, 6.45) is 2.06. The largest absolute Gasteiger partial charge is 0.480 e. The molecule has 0 aliphatic carbocycles. The summed E-state index contributed by atoms with van der Waals surface area (Å²) in [5, 5.41) is 14.1. The molecule has 5 nitrogen and oxygen atoms in total. The van der Waals surface area contributed by atoms with Crippen LogP contribution in [0.15, 0.2) is 5.10 Å². The van der Waals surface area contributed by atoms with E-state index in [1.165, 1.54) is 0 Å². The van der Waals surface area contributed by atoms with Gasteiger partial charge in [0.2, 0.25) is 0 Å². The van der Waals surface area contributed by atoms with Crippen molar-refractivity contribution in [1.82, 2.24) is 5.43 Å². The lowest BCUT2D eigenvalue weighted by atomic mass is 10.1. The Morgan fingerprint density at radius 3 is 2.85 bits per heavy atom. The normalized spacial score (nSPS) is 11.5. The second kappa shape index (κ2) is 7.67. The Labute approximate surface area is 82.0 Å². The third-order valence-corrected chi connectivity index (χ3v) is 1.60. The van der Waals surface area contributed by atoms with E-state index in [0.717, 1.165) is 12.8 Å². The zero-order chi connectivity index (χ0) is 10.1. The van der Waals surface area contributed by atoms with Gasteiger partial charge in [-0.05, 0) is 38.0 Å². The van der Waals surface area contributed by atoms with Crippen molar-refractivity contribution in [1.29, 1.82) is 0 Å². The van der Waals surface area contributed by atoms with Crippen LogP contribution in [-0.2, 0) is 4.79 Å². The van der Waals surface area contributed by atoms with Crippen LogP contribution < -0.4 is 11.2 Å². The van der Waals surface area contributed by atoms with Crippen molar-refractivity contribution < 1.29 is 9.90 Å². The molecule has 6 heteroatoms. The van der Waals surface area contributed by atoms with E-state index in [9.17, 15) is 4.79 Å². The number of isothiocyanates is 1. The first-order valence-corrected chi connectivity index (χ1v) is 4.38. The topological polar surface area (TPSA) is 87.7 Å². The molecule has 74 valence electrons. The predicted molar refractivity (Wildman–Crippen MR) is 52.5 cm³/mol. The van der Waals surface area contributed by atoms with Gasteiger partial charge >= 0.3 is 5.97 Å². The number of unbranched alkanes of at least 4 members (excludes halogenated alkanes) is 1. The predicted octanol–water partition coefficient (Wildman–Crippen LogP) is 0.176. The van der Waals surface area contributed by atoms with Crippen LogP contribution in [0, 0.1) is 0 Å². The van der Waals surface area contributed by atoms with E-state index in [2.05, 4.69) is 27.9 Å². The Morgan fingerprint density at radius 2 is 2.38 bits per heavy atom. The number of hydrazone groups is 1. The van der Waals surface area contributed by atoms with E-state index in [1.807, 2.05) is 0 Å². The molecule has 0 saturated heterocycles. The van der Waals surface area contributed by atoms with E-state index < -0.39 is 12.0 Å². The van der Waals surface area contributed by atoms with Crippen molar-refractivity contribution in [3.63, 3.8) is 0 Å². The number of nitrogens with one attached hydrogen (secondary N) is 1. The molecule has 0 aromatic carbocycles. The second-order valence-electron chi connectivity index (χ2n) is 2.51. The van der Waals surface area contributed by atoms with E-state index >= 15 is 0 Å². The van der Waals surface area contributed by atoms with Crippen LogP contribution >= 0.6 is 12.2 Å². The molecule has 0 aromatic heterocycles. The molecule has 0 aromatic rings. The lowest BCUT2D eigenvalue weighted by Crippen LogP contribution is -2.33. The van der Waals surface area contributed by atoms with Crippen molar-refractivity contribution in [2.75, 3.05) is 6.54 Å². The molecule has 0 spiro atoms. The fraction of sp³-hybridized carbons (Fsp3) is 0.714. The minimum absolute atomic E-state index is 0.493. The quantitative estimate of drug-likeness (QED) is 0.238. The molecule has 1 atom stereocenters. The average Bonchev–Trinajstić information content (AvgIpc) is 2.10. The summed E-state index contributed by atoms with van der Waals surface area (Å²) < 4.78 is 0. The molecule has 0 bridgehead atoms. The number of aliphatic carboxylic acids is 1. The molecule has 0 fully saturated rings. The van der Waals surface area contributed by atoms with Gasteiger partial charge in [0, 0.05) is 0 Å². The fourth-order valence-electron chi connectivity index (χ4n) is 0.840. The number of nitrogens with zero attached hydrogens (tertiary/aromatic N) is 1. The molecule has 0 radical (unpaired) electrons. The van der Waals surface area contributed by atoms with Crippen molar-refractivity contribution in [2.24, 2.45) is 10.8 Å². The number of nitrogens with two attached hydrogens (primary N) is 1. The molecule has 0 unspecified atom stereocenters. The van der Waals surface area contributed by atoms with Gasteiger partial charge in [-0.3, -0.25) is 5.43 Å². The van der Waals surface area contributed by atoms with Gasteiger partial charge in [0.15, 0.2) is 0 Å². The van der Waals surface area contributed by atoms with Crippen LogP contribution in [-0.4, -0.2) is 28.8 Å². The van der Waals surface area contributed by atoms with Crippen molar-refractivity contribution in [3.05, 3.63) is 0 Å². The van der Waals surface area contributed by atoms with Crippen molar-refractivity contribution in [2.45, 2.75) is 25.3 Å². The molecule has 0 heterocycles. The van der Waals surface area contributed by atoms with Gasteiger partial charge < -0.3 is 10.8 Å². The highest BCUT2D eigenvalue weighted by atomic mass is 32.1. The summed E-state index contributed by atoms with van der Waals surface area (Å²) in [6.45, 7) is 0.572. The highest BCUT2D eigenvalue weighted by Crippen LogP contribution is 2.00. The van der Waals surface area contributed by atoms with Crippen molar-refractivity contribution >= 4 is 23.3 Å². The Bertz CT molecular complexity index is 204. The number of hydrogen-bond donors (Lipinski definition) is 3. The van der Waals surface area contributed by atoms with Gasteiger partial charge in [0.05, 0.1) is 5.16 Å². The lowest BCUT2D eigenvalue weighted by molar-refractivity contribution is -0.139. The Kier molecular flexibility index (Phi) is 7.10. The molecule has 0 aliphatic rings. The highest BCUT2D eigenvalue weighted by Gasteiger charge is 2.14. The minimum atomic E-state index is -0.939. The molecule has 13 heavy (non-hydrogen) atoms. The maximum absolute atomic E-state index is 10.6. The van der Waals surface area contributed by atoms with Gasteiger partial charge in [-0.2, -0.15) is 0 Å². The van der Waals surface area contributed by atoms with Gasteiger partial charge in [-0.15, -0.1) is 5.10 Å². The third kappa shape index (κ3) is 6.21. The summed E-state index contributed by atoms with van der Waals surface area (Å²) in [4.78, 5) is 10.6. The fourth-order valence-corrected chi connectivity index (χ4v) is 0.893.